The molecule has 0 amide bonds. The largest absolute Gasteiger partial charge is 0.471 e. The third-order valence-corrected chi connectivity index (χ3v) is 6.16. The molecule has 0 aliphatic carbocycles. The van der Waals surface area contributed by atoms with Crippen molar-refractivity contribution in [3.8, 4) is 11.5 Å². The molecule has 0 radical (unpaired) electrons. The lowest BCUT2D eigenvalue weighted by molar-refractivity contribution is -0.0158. The predicted octanol–water partition coefficient (Wildman–Crippen LogP) is 4.72. The molecule has 2 N–H and O–H groups in total. The van der Waals surface area contributed by atoms with Crippen molar-refractivity contribution in [2.75, 3.05) is 13.1 Å². The number of fused-ring (bicyclic) bond motifs is 5. The second-order valence-corrected chi connectivity index (χ2v) is 9.35. The predicted molar refractivity (Wildman–Crippen MR) is 107 cm³/mol. The zero-order chi connectivity index (χ0) is 20.1. The molecule has 2 aliphatic heterocycles. The maximum atomic E-state index is 11.5. The highest BCUT2D eigenvalue weighted by Crippen LogP contribution is 2.51. The van der Waals surface area contributed by atoms with Crippen LogP contribution in [0.3, 0.4) is 0 Å². The number of likely N-dealkylation sites (tertiary alicyclic amines) is 1. The summed E-state index contributed by atoms with van der Waals surface area (Å²) in [5.41, 5.74) is 2.09. The topological polar surface area (TPSA) is 79.2 Å². The van der Waals surface area contributed by atoms with Crippen molar-refractivity contribution in [1.29, 1.82) is 0 Å². The van der Waals surface area contributed by atoms with Gasteiger partial charge in [-0.1, -0.05) is 43.6 Å². The monoisotopic (exact) mass is 423 g/mol. The third kappa shape index (κ3) is 3.86. The smallest absolute Gasteiger partial charge is 0.457 e. The molecule has 0 spiro atoms. The molecule has 4 rings (SSSR count). The van der Waals surface area contributed by atoms with Gasteiger partial charge >= 0.3 is 7.82 Å². The Balaban J connectivity index is 1.76. The van der Waals surface area contributed by atoms with Crippen LogP contribution in [-0.4, -0.2) is 34.0 Å². The minimum atomic E-state index is -4.61. The van der Waals surface area contributed by atoms with Crippen LogP contribution in [0, 0.1) is 5.92 Å². The van der Waals surface area contributed by atoms with E-state index in [0.717, 1.165) is 22.6 Å². The molecule has 0 bridgehead atoms. The van der Waals surface area contributed by atoms with Crippen LogP contribution in [0.2, 0.25) is 5.02 Å². The van der Waals surface area contributed by atoms with Gasteiger partial charge in [0, 0.05) is 35.5 Å². The first-order valence-corrected chi connectivity index (χ1v) is 11.2. The molecule has 6 nitrogen and oxygen atoms in total. The Hall–Kier alpha value is -1.40. The Morgan fingerprint density at radius 1 is 1.11 bits per heavy atom. The lowest BCUT2D eigenvalue weighted by atomic mass is 9.84. The average molecular weight is 424 g/mol. The molecule has 3 unspecified atom stereocenters. The molecule has 0 aromatic heterocycles. The van der Waals surface area contributed by atoms with Crippen molar-refractivity contribution < 1.29 is 23.6 Å². The van der Waals surface area contributed by atoms with Gasteiger partial charge in [0.05, 0.1) is 0 Å². The van der Waals surface area contributed by atoms with Crippen molar-refractivity contribution in [3.63, 3.8) is 0 Å². The minimum Gasteiger partial charge on any atom is -0.457 e. The summed E-state index contributed by atoms with van der Waals surface area (Å²) in [6, 6.07) is 13.5. The van der Waals surface area contributed by atoms with E-state index in [1.54, 1.807) is 0 Å². The van der Waals surface area contributed by atoms with Crippen LogP contribution in [-0.2, 0) is 9.09 Å². The van der Waals surface area contributed by atoms with E-state index in [4.69, 9.17) is 20.9 Å². The highest BCUT2D eigenvalue weighted by Gasteiger charge is 2.44. The van der Waals surface area contributed by atoms with E-state index in [1.807, 2.05) is 55.1 Å². The van der Waals surface area contributed by atoms with Crippen LogP contribution in [0.5, 0.6) is 11.5 Å². The summed E-state index contributed by atoms with van der Waals surface area (Å²) in [5.74, 6) is 1.68. The highest BCUT2D eigenvalue weighted by molar-refractivity contribution is 7.46. The highest BCUT2D eigenvalue weighted by atomic mass is 35.5. The second-order valence-electron chi connectivity index (χ2n) is 7.72. The minimum absolute atomic E-state index is 0.0824. The Morgan fingerprint density at radius 2 is 1.75 bits per heavy atom. The first kappa shape index (κ1) is 19.9. The van der Waals surface area contributed by atoms with Crippen molar-refractivity contribution in [2.24, 2.45) is 5.92 Å². The normalized spacial score (nSPS) is 22.8. The number of phosphoric acid groups is 1. The maximum Gasteiger partial charge on any atom is 0.471 e. The lowest BCUT2D eigenvalue weighted by Gasteiger charge is -2.31. The first-order chi connectivity index (χ1) is 13.2. The van der Waals surface area contributed by atoms with Gasteiger partial charge in [-0.15, -0.1) is 0 Å². The molecule has 1 fully saturated rings. The van der Waals surface area contributed by atoms with Crippen LogP contribution in [0.15, 0.2) is 42.5 Å². The SMILES string of the molecule is CC(C)C(OP(=O)(O)O)N1CC2c3ccccc3Oc3ccc(Cl)cc3C2C1. The number of phosphoric ester groups is 1. The molecule has 2 heterocycles. The standard InChI is InChI=1S/C20H23ClNO5P/c1-12(2)20(27-28(23,24)25)22-10-16-14-5-3-4-6-18(14)26-19-8-7-13(21)9-15(19)17(16)11-22/h3-9,12,16-17,20H,10-11H2,1-2H3,(H2,23,24,25). The van der Waals surface area contributed by atoms with Gasteiger partial charge in [0.15, 0.2) is 0 Å². The van der Waals surface area contributed by atoms with Crippen molar-refractivity contribution in [1.82, 2.24) is 4.90 Å². The molecule has 2 aromatic carbocycles. The summed E-state index contributed by atoms with van der Waals surface area (Å²) >= 11 is 6.27. The van der Waals surface area contributed by atoms with E-state index in [0.29, 0.717) is 18.1 Å². The molecule has 28 heavy (non-hydrogen) atoms. The summed E-state index contributed by atoms with van der Waals surface area (Å²) in [6.45, 7) is 5.01. The van der Waals surface area contributed by atoms with Crippen LogP contribution in [0.4, 0.5) is 0 Å². The van der Waals surface area contributed by atoms with E-state index in [9.17, 15) is 14.4 Å². The maximum absolute atomic E-state index is 11.5. The summed E-state index contributed by atoms with van der Waals surface area (Å²) in [5, 5.41) is 0.636. The Bertz CT molecular complexity index is 931. The molecule has 8 heteroatoms. The summed E-state index contributed by atoms with van der Waals surface area (Å²) in [7, 11) is -4.61. The number of rotatable bonds is 4. The number of hydrogen-bond acceptors (Lipinski definition) is 4. The zero-order valence-corrected chi connectivity index (χ0v) is 17.3. The summed E-state index contributed by atoms with van der Waals surface area (Å²) < 4.78 is 22.9. The van der Waals surface area contributed by atoms with E-state index in [2.05, 4.69) is 6.07 Å². The fourth-order valence-corrected chi connectivity index (χ4v) is 5.16. The number of halogens is 1. The van der Waals surface area contributed by atoms with Crippen molar-refractivity contribution in [2.45, 2.75) is 31.9 Å². The molecular formula is C20H23ClNO5P. The number of benzene rings is 2. The summed E-state index contributed by atoms with van der Waals surface area (Å²) in [6.07, 6.45) is -0.677. The number of ether oxygens (including phenoxy) is 1. The Kier molecular flexibility index (Phi) is 5.29. The summed E-state index contributed by atoms with van der Waals surface area (Å²) in [4.78, 5) is 20.8. The van der Waals surface area contributed by atoms with E-state index in [-0.39, 0.29) is 17.8 Å². The average Bonchev–Trinajstić information content (AvgIpc) is 3.00. The van der Waals surface area contributed by atoms with Gasteiger partial charge in [-0.2, -0.15) is 0 Å². The van der Waals surface area contributed by atoms with Gasteiger partial charge in [-0.3, -0.25) is 9.42 Å². The van der Waals surface area contributed by atoms with Crippen LogP contribution in [0.25, 0.3) is 0 Å². The van der Waals surface area contributed by atoms with Gasteiger partial charge in [-0.05, 0) is 35.7 Å². The fraction of sp³-hybridized carbons (Fsp3) is 0.400. The molecule has 0 saturated carbocycles. The quantitative estimate of drug-likeness (QED) is 0.693. The van der Waals surface area contributed by atoms with Crippen molar-refractivity contribution >= 4 is 19.4 Å². The van der Waals surface area contributed by atoms with E-state index >= 15 is 0 Å². The third-order valence-electron chi connectivity index (χ3n) is 5.43. The van der Waals surface area contributed by atoms with Crippen molar-refractivity contribution in [3.05, 3.63) is 58.6 Å². The molecule has 150 valence electrons. The Morgan fingerprint density at radius 3 is 2.43 bits per heavy atom. The molecule has 2 aromatic rings. The number of para-hydroxylation sites is 1. The van der Waals surface area contributed by atoms with Gasteiger partial charge < -0.3 is 14.5 Å². The number of nitrogens with zero attached hydrogens (tertiary/aromatic N) is 1. The Labute approximate surface area is 169 Å². The van der Waals surface area contributed by atoms with Gasteiger partial charge in [-0.25, -0.2) is 4.57 Å². The van der Waals surface area contributed by atoms with Gasteiger partial charge in [0.2, 0.25) is 0 Å². The van der Waals surface area contributed by atoms with Gasteiger partial charge in [0.1, 0.15) is 17.7 Å². The lowest BCUT2D eigenvalue weighted by Crippen LogP contribution is -2.39. The zero-order valence-electron chi connectivity index (χ0n) is 15.7. The molecule has 3 atom stereocenters. The van der Waals surface area contributed by atoms with E-state index < -0.39 is 14.1 Å². The van der Waals surface area contributed by atoms with Gasteiger partial charge in [0.25, 0.3) is 0 Å². The molecule has 2 aliphatic rings. The second kappa shape index (κ2) is 7.45. The van der Waals surface area contributed by atoms with Crippen LogP contribution < -0.4 is 4.74 Å². The number of hydrogen-bond donors (Lipinski definition) is 2. The van der Waals surface area contributed by atoms with Crippen LogP contribution >= 0.6 is 19.4 Å². The fourth-order valence-electron chi connectivity index (χ4n) is 4.32. The molecular weight excluding hydrogens is 401 g/mol. The van der Waals surface area contributed by atoms with E-state index in [1.165, 1.54) is 0 Å². The van der Waals surface area contributed by atoms with Crippen LogP contribution in [0.1, 0.15) is 36.8 Å². The molecule has 1 saturated heterocycles. The first-order valence-electron chi connectivity index (χ1n) is 9.27.